The lowest BCUT2D eigenvalue weighted by atomic mass is 10.1. The molecule has 0 aliphatic carbocycles. The molecule has 0 bridgehead atoms. The second-order valence-corrected chi connectivity index (χ2v) is 4.59. The molecule has 0 saturated carbocycles. The minimum absolute atomic E-state index is 0.00517. The number of nitrogens with two attached hydrogens (primary N) is 1. The number of pyridine rings is 1. The zero-order chi connectivity index (χ0) is 16.7. The van der Waals surface area contributed by atoms with E-state index in [1.807, 2.05) is 0 Å². The van der Waals surface area contributed by atoms with Gasteiger partial charge in [-0.3, -0.25) is 9.36 Å². The van der Waals surface area contributed by atoms with Gasteiger partial charge in [0.1, 0.15) is 5.56 Å². The normalized spacial score (nSPS) is 11.5. The van der Waals surface area contributed by atoms with Crippen molar-refractivity contribution in [2.24, 2.45) is 0 Å². The highest BCUT2D eigenvalue weighted by Crippen LogP contribution is 2.30. The molecular weight excluding hydrogens is 301 g/mol. The molecule has 3 N–H and O–H groups in total. The van der Waals surface area contributed by atoms with Crippen LogP contribution >= 0.6 is 0 Å². The van der Waals surface area contributed by atoms with Gasteiger partial charge in [0.15, 0.2) is 0 Å². The lowest BCUT2D eigenvalue weighted by Crippen LogP contribution is -2.28. The average molecular weight is 312 g/mol. The number of carboxylic acid groups (broad SMARTS) is 1. The number of benzene rings is 1. The van der Waals surface area contributed by atoms with E-state index in [9.17, 15) is 22.8 Å². The van der Waals surface area contributed by atoms with Crippen molar-refractivity contribution in [3.05, 3.63) is 57.5 Å². The molecule has 1 aromatic heterocycles. The molecule has 1 aromatic carbocycles. The third kappa shape index (κ3) is 2.67. The lowest BCUT2D eigenvalue weighted by Gasteiger charge is -2.15. The van der Waals surface area contributed by atoms with Crippen LogP contribution in [0.25, 0.3) is 5.69 Å². The Morgan fingerprint density at radius 1 is 1.27 bits per heavy atom. The topological polar surface area (TPSA) is 85.3 Å². The Labute approximate surface area is 122 Å². The first kappa shape index (κ1) is 15.6. The number of nitrogen functional groups attached to an aromatic ring is 1. The Hall–Kier alpha value is -2.77. The van der Waals surface area contributed by atoms with Gasteiger partial charge in [-0.15, -0.1) is 0 Å². The first-order valence-electron chi connectivity index (χ1n) is 6.06. The van der Waals surface area contributed by atoms with Crippen LogP contribution in [0.3, 0.4) is 0 Å². The summed E-state index contributed by atoms with van der Waals surface area (Å²) in [6.07, 6.45) is -4.58. The van der Waals surface area contributed by atoms with Gasteiger partial charge in [0.05, 0.1) is 11.3 Å². The summed E-state index contributed by atoms with van der Waals surface area (Å²) >= 11 is 0. The molecule has 0 atom stereocenters. The quantitative estimate of drug-likeness (QED) is 0.892. The standard InChI is InChI=1S/C14H11F3N2O3/c1-7-11(18)6-10(13(21)22)12(20)19(7)9-4-2-3-8(5-9)14(15,16)17/h2-6H,18H2,1H3,(H,21,22). The van der Waals surface area contributed by atoms with E-state index in [1.165, 1.54) is 13.0 Å². The van der Waals surface area contributed by atoms with E-state index in [0.717, 1.165) is 28.8 Å². The molecule has 0 aliphatic rings. The summed E-state index contributed by atoms with van der Waals surface area (Å²) in [6.45, 7) is 1.42. The third-order valence-electron chi connectivity index (χ3n) is 3.15. The minimum atomic E-state index is -4.58. The number of carbonyl (C=O) groups is 1. The molecule has 0 amide bonds. The van der Waals surface area contributed by atoms with E-state index in [-0.39, 0.29) is 17.1 Å². The predicted octanol–water partition coefficient (Wildman–Crippen LogP) is 2.45. The van der Waals surface area contributed by atoms with Crippen LogP contribution in [0.15, 0.2) is 35.1 Å². The van der Waals surface area contributed by atoms with Crippen LogP contribution in [-0.4, -0.2) is 15.6 Å². The molecule has 1 heterocycles. The Morgan fingerprint density at radius 2 is 1.91 bits per heavy atom. The molecule has 22 heavy (non-hydrogen) atoms. The van der Waals surface area contributed by atoms with Crippen LogP contribution in [0.2, 0.25) is 0 Å². The number of alkyl halides is 3. The van der Waals surface area contributed by atoms with Gasteiger partial charge >= 0.3 is 12.1 Å². The summed E-state index contributed by atoms with van der Waals surface area (Å²) in [7, 11) is 0. The van der Waals surface area contributed by atoms with Gasteiger partial charge in [-0.05, 0) is 31.2 Å². The van der Waals surface area contributed by atoms with E-state index in [4.69, 9.17) is 10.8 Å². The Balaban J connectivity index is 2.78. The highest BCUT2D eigenvalue weighted by atomic mass is 19.4. The van der Waals surface area contributed by atoms with Gasteiger partial charge in [-0.2, -0.15) is 13.2 Å². The van der Waals surface area contributed by atoms with Crippen molar-refractivity contribution < 1.29 is 23.1 Å². The van der Waals surface area contributed by atoms with Crippen molar-refractivity contribution in [2.75, 3.05) is 5.73 Å². The fourth-order valence-electron chi connectivity index (χ4n) is 2.01. The number of aromatic carboxylic acids is 1. The van der Waals surface area contributed by atoms with Crippen molar-refractivity contribution in [2.45, 2.75) is 13.1 Å². The number of nitrogens with zero attached hydrogens (tertiary/aromatic N) is 1. The summed E-state index contributed by atoms with van der Waals surface area (Å²) in [5.41, 5.74) is 3.19. The number of hydrogen-bond donors (Lipinski definition) is 2. The van der Waals surface area contributed by atoms with Gasteiger partial charge in [-0.1, -0.05) is 6.07 Å². The van der Waals surface area contributed by atoms with Crippen LogP contribution in [0.5, 0.6) is 0 Å². The molecule has 0 saturated heterocycles. The Morgan fingerprint density at radius 3 is 2.45 bits per heavy atom. The fraction of sp³-hybridized carbons (Fsp3) is 0.143. The first-order valence-corrected chi connectivity index (χ1v) is 6.06. The SMILES string of the molecule is Cc1c(N)cc(C(=O)O)c(=O)n1-c1cccc(C(F)(F)F)c1. The molecule has 2 rings (SSSR count). The van der Waals surface area contributed by atoms with Crippen LogP contribution < -0.4 is 11.3 Å². The van der Waals surface area contributed by atoms with E-state index >= 15 is 0 Å². The molecule has 116 valence electrons. The summed E-state index contributed by atoms with van der Waals surface area (Å²) in [4.78, 5) is 23.2. The number of halogens is 3. The summed E-state index contributed by atoms with van der Waals surface area (Å²) in [5.74, 6) is -1.50. The molecule has 5 nitrogen and oxygen atoms in total. The maximum absolute atomic E-state index is 12.8. The maximum Gasteiger partial charge on any atom is 0.416 e. The van der Waals surface area contributed by atoms with Gasteiger partial charge in [0.2, 0.25) is 0 Å². The molecule has 2 aromatic rings. The zero-order valence-electron chi connectivity index (χ0n) is 11.3. The molecule has 0 aliphatic heterocycles. The van der Waals surface area contributed by atoms with Crippen molar-refractivity contribution in [1.29, 1.82) is 0 Å². The van der Waals surface area contributed by atoms with Crippen molar-refractivity contribution in [3.8, 4) is 5.69 Å². The second kappa shape index (κ2) is 5.21. The monoisotopic (exact) mass is 312 g/mol. The Bertz CT molecular complexity index is 810. The molecule has 0 unspecified atom stereocenters. The van der Waals surface area contributed by atoms with Crippen molar-refractivity contribution in [1.82, 2.24) is 4.57 Å². The number of carboxylic acids is 1. The van der Waals surface area contributed by atoms with Gasteiger partial charge in [0.25, 0.3) is 5.56 Å². The summed E-state index contributed by atoms with van der Waals surface area (Å²) in [6, 6.07) is 5.01. The number of rotatable bonds is 2. The number of hydrogen-bond acceptors (Lipinski definition) is 3. The van der Waals surface area contributed by atoms with Crippen LogP contribution in [-0.2, 0) is 6.18 Å². The van der Waals surface area contributed by atoms with E-state index in [2.05, 4.69) is 0 Å². The highest BCUT2D eigenvalue weighted by molar-refractivity contribution is 5.88. The van der Waals surface area contributed by atoms with Crippen molar-refractivity contribution >= 4 is 11.7 Å². The third-order valence-corrected chi connectivity index (χ3v) is 3.15. The highest BCUT2D eigenvalue weighted by Gasteiger charge is 2.30. The largest absolute Gasteiger partial charge is 0.477 e. The summed E-state index contributed by atoms with van der Waals surface area (Å²) in [5, 5.41) is 8.99. The molecule has 0 spiro atoms. The maximum atomic E-state index is 12.8. The average Bonchev–Trinajstić information content (AvgIpc) is 2.42. The Kier molecular flexibility index (Phi) is 3.70. The van der Waals surface area contributed by atoms with Gasteiger partial charge in [0, 0.05) is 11.4 Å². The smallest absolute Gasteiger partial charge is 0.416 e. The minimum Gasteiger partial charge on any atom is -0.477 e. The summed E-state index contributed by atoms with van der Waals surface area (Å²) < 4.78 is 39.2. The van der Waals surface area contributed by atoms with Crippen molar-refractivity contribution in [3.63, 3.8) is 0 Å². The number of aromatic nitrogens is 1. The van der Waals surface area contributed by atoms with Gasteiger partial charge < -0.3 is 10.8 Å². The fourth-order valence-corrected chi connectivity index (χ4v) is 2.01. The number of anilines is 1. The molecule has 0 fully saturated rings. The predicted molar refractivity (Wildman–Crippen MR) is 73.1 cm³/mol. The molecule has 8 heteroatoms. The second-order valence-electron chi connectivity index (χ2n) is 4.59. The zero-order valence-corrected chi connectivity index (χ0v) is 11.3. The first-order chi connectivity index (χ1) is 10.1. The van der Waals surface area contributed by atoms with E-state index in [0.29, 0.717) is 0 Å². The van der Waals surface area contributed by atoms with Crippen LogP contribution in [0.4, 0.5) is 18.9 Å². The van der Waals surface area contributed by atoms with Crippen LogP contribution in [0, 0.1) is 6.92 Å². The lowest BCUT2D eigenvalue weighted by molar-refractivity contribution is -0.137. The van der Waals surface area contributed by atoms with E-state index in [1.54, 1.807) is 0 Å². The van der Waals surface area contributed by atoms with Gasteiger partial charge in [-0.25, -0.2) is 4.79 Å². The molecular formula is C14H11F3N2O3. The van der Waals surface area contributed by atoms with Crippen LogP contribution in [0.1, 0.15) is 21.6 Å². The molecule has 0 radical (unpaired) electrons. The van der Waals surface area contributed by atoms with E-state index < -0.39 is 28.8 Å².